The van der Waals surface area contributed by atoms with Gasteiger partial charge in [0.15, 0.2) is 0 Å². The summed E-state index contributed by atoms with van der Waals surface area (Å²) in [5.41, 5.74) is 1.97. The Morgan fingerprint density at radius 1 is 1.36 bits per heavy atom. The predicted molar refractivity (Wildman–Crippen MR) is 107 cm³/mol. The van der Waals surface area contributed by atoms with Gasteiger partial charge in [0.1, 0.15) is 17.8 Å². The van der Waals surface area contributed by atoms with Crippen molar-refractivity contribution in [2.75, 3.05) is 13.1 Å². The highest BCUT2D eigenvalue weighted by Crippen LogP contribution is 2.47. The second-order valence-corrected chi connectivity index (χ2v) is 8.83. The van der Waals surface area contributed by atoms with E-state index < -0.39 is 11.0 Å². The summed E-state index contributed by atoms with van der Waals surface area (Å²) in [5, 5.41) is 5.01. The van der Waals surface area contributed by atoms with Crippen molar-refractivity contribution in [3.8, 4) is 0 Å². The number of aromatic nitrogens is 3. The molecule has 2 fully saturated rings. The van der Waals surface area contributed by atoms with Crippen LogP contribution in [0.2, 0.25) is 0 Å². The van der Waals surface area contributed by atoms with Crippen molar-refractivity contribution in [2.45, 2.75) is 57.2 Å². The van der Waals surface area contributed by atoms with Crippen LogP contribution in [0.25, 0.3) is 0 Å². The maximum absolute atomic E-state index is 11.2. The summed E-state index contributed by atoms with van der Waals surface area (Å²) >= 11 is 6.45. The number of rotatable bonds is 3. The third kappa shape index (κ3) is 2.92. The topological polar surface area (TPSA) is 72.6 Å². The molecular weight excluding hydrogens is 378 g/mol. The van der Waals surface area contributed by atoms with E-state index in [-0.39, 0.29) is 6.10 Å². The van der Waals surface area contributed by atoms with Gasteiger partial charge in [-0.1, -0.05) is 17.7 Å². The van der Waals surface area contributed by atoms with Crippen molar-refractivity contribution in [1.82, 2.24) is 19.7 Å². The van der Waals surface area contributed by atoms with Gasteiger partial charge >= 0.3 is 0 Å². The number of hydrogen-bond donors (Lipinski definition) is 0. The van der Waals surface area contributed by atoms with E-state index in [2.05, 4.69) is 30.0 Å². The Bertz CT molecular complexity index is 890. The lowest BCUT2D eigenvalue weighted by Crippen LogP contribution is -2.48. The normalized spacial score (nSPS) is 24.8. The summed E-state index contributed by atoms with van der Waals surface area (Å²) in [5.74, 6) is 0.861. The first kappa shape index (κ1) is 19.3. The van der Waals surface area contributed by atoms with Crippen LogP contribution in [0, 0.1) is 0 Å². The van der Waals surface area contributed by atoms with Gasteiger partial charge in [-0.2, -0.15) is 5.10 Å². The number of aryl methyl sites for hydroxylation is 1. The number of carbonyl (C=O) groups is 1. The maximum atomic E-state index is 11.2. The molecule has 3 aliphatic heterocycles. The van der Waals surface area contributed by atoms with Crippen molar-refractivity contribution >= 4 is 23.7 Å². The summed E-state index contributed by atoms with van der Waals surface area (Å²) in [6.45, 7) is 7.52. The van der Waals surface area contributed by atoms with Gasteiger partial charge in [0, 0.05) is 37.2 Å². The van der Waals surface area contributed by atoms with Crippen molar-refractivity contribution in [3.63, 3.8) is 0 Å². The van der Waals surface area contributed by atoms with Gasteiger partial charge in [-0.05, 0) is 33.6 Å². The Morgan fingerprint density at radius 3 is 2.68 bits per heavy atom. The largest absolute Gasteiger partial charge is 0.360 e. The Kier molecular flexibility index (Phi) is 4.70. The second-order valence-electron chi connectivity index (χ2n) is 8.38. The standard InChI is InChI=1S/C20H26ClN5O2/c1-13-15(21)6-5-14-16(24-13)20(7-9-26(12-27)10-8-20)28-17(14)19(2,3)18-22-11-23-25(18)4/h5,11-12,17H,6-10H2,1-4H3. The van der Waals surface area contributed by atoms with Crippen LogP contribution in [0.1, 0.15) is 45.9 Å². The lowest BCUT2D eigenvalue weighted by molar-refractivity contribution is -0.123. The lowest BCUT2D eigenvalue weighted by atomic mass is 9.78. The van der Waals surface area contributed by atoms with Crippen molar-refractivity contribution in [3.05, 3.63) is 34.5 Å². The lowest BCUT2D eigenvalue weighted by Gasteiger charge is -2.39. The molecule has 8 heteroatoms. The molecule has 150 valence electrons. The molecule has 0 aliphatic carbocycles. The molecule has 1 atom stereocenters. The minimum Gasteiger partial charge on any atom is -0.360 e. The molecule has 0 N–H and O–H groups in total. The minimum atomic E-state index is -0.505. The fraction of sp³-hybridized carbons (Fsp3) is 0.600. The Morgan fingerprint density at radius 2 is 2.07 bits per heavy atom. The summed E-state index contributed by atoms with van der Waals surface area (Å²) in [6, 6.07) is 0. The van der Waals surface area contributed by atoms with Crippen LogP contribution in [0.4, 0.5) is 0 Å². The van der Waals surface area contributed by atoms with E-state index in [1.54, 1.807) is 15.9 Å². The Hall–Kier alpha value is -1.99. The molecule has 0 aromatic carbocycles. The van der Waals surface area contributed by atoms with Crippen LogP contribution in [0.15, 0.2) is 33.7 Å². The van der Waals surface area contributed by atoms with Gasteiger partial charge in [0.05, 0.1) is 22.9 Å². The number of ether oxygens (including phenoxy) is 1. The van der Waals surface area contributed by atoms with Gasteiger partial charge in [-0.15, -0.1) is 0 Å². The van der Waals surface area contributed by atoms with Crippen LogP contribution in [0.5, 0.6) is 0 Å². The van der Waals surface area contributed by atoms with Crippen molar-refractivity contribution in [1.29, 1.82) is 0 Å². The van der Waals surface area contributed by atoms with E-state index in [0.29, 0.717) is 19.5 Å². The summed E-state index contributed by atoms with van der Waals surface area (Å²) in [6.07, 6.45) is 6.51. The number of allylic oxidation sites excluding steroid dienone is 3. The molecule has 7 nitrogen and oxygen atoms in total. The SMILES string of the molecule is CC1=C(Cl)CC=C2C(=N1)C1(CCN(C=O)CC1)OC2C(C)(C)c1ncnn1C. The van der Waals surface area contributed by atoms with E-state index in [4.69, 9.17) is 21.3 Å². The van der Waals surface area contributed by atoms with Gasteiger partial charge in [0.25, 0.3) is 0 Å². The first-order valence-electron chi connectivity index (χ1n) is 9.65. The summed E-state index contributed by atoms with van der Waals surface area (Å²) in [7, 11) is 1.90. The smallest absolute Gasteiger partial charge is 0.209 e. The zero-order valence-electron chi connectivity index (χ0n) is 16.8. The zero-order chi connectivity index (χ0) is 20.1. The van der Waals surface area contributed by atoms with Gasteiger partial charge in [0.2, 0.25) is 6.41 Å². The van der Waals surface area contributed by atoms with E-state index in [9.17, 15) is 4.79 Å². The monoisotopic (exact) mass is 403 g/mol. The molecule has 1 aromatic heterocycles. The van der Waals surface area contributed by atoms with Crippen LogP contribution in [0.3, 0.4) is 0 Å². The predicted octanol–water partition coefficient (Wildman–Crippen LogP) is 2.72. The highest BCUT2D eigenvalue weighted by atomic mass is 35.5. The molecule has 1 aromatic rings. The third-order valence-corrected chi connectivity index (χ3v) is 6.63. The minimum absolute atomic E-state index is 0.215. The molecule has 0 bridgehead atoms. The molecule has 1 amide bonds. The third-order valence-electron chi connectivity index (χ3n) is 6.20. The molecule has 0 saturated carbocycles. The number of nitrogens with zero attached hydrogens (tertiary/aromatic N) is 5. The van der Waals surface area contributed by atoms with E-state index >= 15 is 0 Å². The van der Waals surface area contributed by atoms with E-state index in [1.807, 2.05) is 14.0 Å². The van der Waals surface area contributed by atoms with Crippen LogP contribution >= 0.6 is 11.6 Å². The summed E-state index contributed by atoms with van der Waals surface area (Å²) in [4.78, 5) is 22.4. The van der Waals surface area contributed by atoms with E-state index in [0.717, 1.165) is 47.1 Å². The number of aliphatic imine (C=N–C) groups is 1. The number of carbonyl (C=O) groups excluding carboxylic acids is 1. The van der Waals surface area contributed by atoms with Crippen LogP contribution in [-0.2, 0) is 22.0 Å². The number of likely N-dealkylation sites (tertiary alicyclic amines) is 1. The quantitative estimate of drug-likeness (QED) is 0.727. The molecule has 4 heterocycles. The van der Waals surface area contributed by atoms with Gasteiger partial charge in [-0.25, -0.2) is 4.98 Å². The first-order valence-corrected chi connectivity index (χ1v) is 10.0. The number of piperidine rings is 1. The Balaban J connectivity index is 1.80. The van der Waals surface area contributed by atoms with Gasteiger partial charge in [-0.3, -0.25) is 14.5 Å². The number of amides is 1. The number of halogens is 1. The van der Waals surface area contributed by atoms with Crippen LogP contribution in [-0.4, -0.2) is 56.6 Å². The first-order chi connectivity index (χ1) is 13.3. The second kappa shape index (κ2) is 6.81. The van der Waals surface area contributed by atoms with Crippen LogP contribution < -0.4 is 0 Å². The molecule has 28 heavy (non-hydrogen) atoms. The Labute approximate surface area is 170 Å². The van der Waals surface area contributed by atoms with E-state index in [1.165, 1.54) is 0 Å². The molecule has 4 rings (SSSR count). The maximum Gasteiger partial charge on any atom is 0.209 e. The fourth-order valence-electron chi connectivity index (χ4n) is 4.56. The van der Waals surface area contributed by atoms with Gasteiger partial charge < -0.3 is 9.64 Å². The van der Waals surface area contributed by atoms with Crippen molar-refractivity contribution < 1.29 is 9.53 Å². The molecule has 1 spiro atoms. The molecule has 0 radical (unpaired) electrons. The van der Waals surface area contributed by atoms with Crippen molar-refractivity contribution in [2.24, 2.45) is 12.0 Å². The number of hydrogen-bond acceptors (Lipinski definition) is 5. The zero-order valence-corrected chi connectivity index (χ0v) is 17.5. The highest BCUT2D eigenvalue weighted by Gasteiger charge is 2.55. The average Bonchev–Trinajstić information content (AvgIpc) is 3.19. The molecule has 1 unspecified atom stereocenters. The number of fused-ring (bicyclic) bond motifs is 2. The average molecular weight is 404 g/mol. The summed E-state index contributed by atoms with van der Waals surface area (Å²) < 4.78 is 8.62. The highest BCUT2D eigenvalue weighted by molar-refractivity contribution is 6.30. The molecular formula is C20H26ClN5O2. The fourth-order valence-corrected chi connectivity index (χ4v) is 4.68. The molecule has 3 aliphatic rings. The molecule has 2 saturated heterocycles.